The maximum atomic E-state index is 10.9. The molecule has 0 amide bonds. The van der Waals surface area contributed by atoms with Gasteiger partial charge in [-0.25, -0.2) is 0 Å². The Kier molecular flexibility index (Phi) is 5.57. The van der Waals surface area contributed by atoms with Gasteiger partial charge in [0, 0.05) is 11.6 Å². The first-order valence-corrected chi connectivity index (χ1v) is 6.41. The molecule has 0 radical (unpaired) electrons. The zero-order valence-corrected chi connectivity index (χ0v) is 11.5. The fourth-order valence-electron chi connectivity index (χ4n) is 2.03. The van der Waals surface area contributed by atoms with E-state index in [9.17, 15) is 25.3 Å². The van der Waals surface area contributed by atoms with Gasteiger partial charge in [0.1, 0.15) is 0 Å². The van der Waals surface area contributed by atoms with E-state index in [1.165, 1.54) is 12.1 Å². The summed E-state index contributed by atoms with van der Waals surface area (Å²) in [5.74, 6) is 0.344. The highest BCUT2D eigenvalue weighted by atomic mass is 16.6. The topological polar surface area (TPSA) is 107 Å². The number of nitro groups is 2. The Morgan fingerprint density at radius 3 is 2.35 bits per heavy atom. The van der Waals surface area contributed by atoms with Crippen LogP contribution in [-0.4, -0.2) is 21.1 Å². The van der Waals surface area contributed by atoms with Gasteiger partial charge in [-0.05, 0) is 31.2 Å². The Balaban J connectivity index is 2.84. The monoisotopic (exact) mass is 282 g/mol. The smallest absolute Gasteiger partial charge is 0.279 e. The molecule has 0 aliphatic heterocycles. The van der Waals surface area contributed by atoms with Crippen LogP contribution in [0.3, 0.4) is 0 Å². The van der Waals surface area contributed by atoms with Gasteiger partial charge in [0.25, 0.3) is 11.4 Å². The minimum absolute atomic E-state index is 0.268. The molecule has 1 unspecified atom stereocenters. The van der Waals surface area contributed by atoms with E-state index in [2.05, 4.69) is 0 Å². The summed E-state index contributed by atoms with van der Waals surface area (Å²) in [5, 5.41) is 31.3. The van der Waals surface area contributed by atoms with Gasteiger partial charge >= 0.3 is 0 Å². The van der Waals surface area contributed by atoms with Crippen molar-refractivity contribution >= 4 is 11.4 Å². The number of aryl methyl sites for hydroxylation is 1. The van der Waals surface area contributed by atoms with Crippen molar-refractivity contribution in [1.29, 1.82) is 0 Å². The van der Waals surface area contributed by atoms with E-state index in [1.54, 1.807) is 0 Å². The molecule has 1 aromatic rings. The van der Waals surface area contributed by atoms with Crippen LogP contribution >= 0.6 is 0 Å². The number of nitro benzene ring substituents is 2. The first kappa shape index (κ1) is 16.0. The van der Waals surface area contributed by atoms with Crippen LogP contribution in [0.15, 0.2) is 18.2 Å². The largest absolute Gasteiger partial charge is 0.393 e. The second kappa shape index (κ2) is 6.95. The summed E-state index contributed by atoms with van der Waals surface area (Å²) in [6.45, 7) is 3.97. The van der Waals surface area contributed by atoms with E-state index in [0.29, 0.717) is 30.7 Å². The second-order valence-corrected chi connectivity index (χ2v) is 5.15. The molecule has 0 spiro atoms. The van der Waals surface area contributed by atoms with Crippen LogP contribution in [0.5, 0.6) is 0 Å². The molecule has 1 rings (SSSR count). The highest BCUT2D eigenvalue weighted by Crippen LogP contribution is 2.26. The molecular weight excluding hydrogens is 264 g/mol. The van der Waals surface area contributed by atoms with Crippen molar-refractivity contribution in [2.45, 2.75) is 39.2 Å². The van der Waals surface area contributed by atoms with Crippen molar-refractivity contribution < 1.29 is 15.0 Å². The van der Waals surface area contributed by atoms with Crippen molar-refractivity contribution in [1.82, 2.24) is 0 Å². The first-order chi connectivity index (χ1) is 9.31. The van der Waals surface area contributed by atoms with Crippen LogP contribution in [0.25, 0.3) is 0 Å². The standard InChI is InChI=1S/C13H18N2O5/c1-9(2)7-12(16)6-4-10-3-5-11(14(17)18)8-13(10)15(19)20/h3,5,8-9,12,16H,4,6-7H2,1-2H3. The Morgan fingerprint density at radius 1 is 1.20 bits per heavy atom. The van der Waals surface area contributed by atoms with Gasteiger partial charge in [-0.1, -0.05) is 13.8 Å². The molecular formula is C13H18N2O5. The highest BCUT2D eigenvalue weighted by molar-refractivity contribution is 5.49. The molecule has 0 saturated heterocycles. The summed E-state index contributed by atoms with van der Waals surface area (Å²) in [5.41, 5.74) is -0.164. The average Bonchev–Trinajstić information content (AvgIpc) is 2.35. The van der Waals surface area contributed by atoms with Crippen molar-refractivity contribution in [3.63, 3.8) is 0 Å². The van der Waals surface area contributed by atoms with Crippen molar-refractivity contribution in [2.75, 3.05) is 0 Å². The third-order valence-corrected chi connectivity index (χ3v) is 2.97. The van der Waals surface area contributed by atoms with Crippen LogP contribution in [0.4, 0.5) is 11.4 Å². The zero-order valence-electron chi connectivity index (χ0n) is 11.5. The molecule has 1 atom stereocenters. The Morgan fingerprint density at radius 2 is 1.85 bits per heavy atom. The van der Waals surface area contributed by atoms with E-state index >= 15 is 0 Å². The molecule has 20 heavy (non-hydrogen) atoms. The Labute approximate surface area is 116 Å². The van der Waals surface area contributed by atoms with Crippen molar-refractivity contribution in [2.24, 2.45) is 5.92 Å². The number of aliphatic hydroxyl groups is 1. The Hall–Kier alpha value is -2.02. The molecule has 7 nitrogen and oxygen atoms in total. The number of hydrogen-bond donors (Lipinski definition) is 1. The molecule has 0 saturated carbocycles. The summed E-state index contributed by atoms with van der Waals surface area (Å²) >= 11 is 0. The lowest BCUT2D eigenvalue weighted by molar-refractivity contribution is -0.394. The normalized spacial score (nSPS) is 12.4. The van der Waals surface area contributed by atoms with E-state index in [1.807, 2.05) is 13.8 Å². The van der Waals surface area contributed by atoms with Crippen LogP contribution in [0.2, 0.25) is 0 Å². The number of hydrogen-bond acceptors (Lipinski definition) is 5. The lowest BCUT2D eigenvalue weighted by Gasteiger charge is -2.12. The van der Waals surface area contributed by atoms with Gasteiger partial charge in [0.05, 0.1) is 22.0 Å². The third kappa shape index (κ3) is 4.58. The molecule has 1 N–H and O–H groups in total. The van der Waals surface area contributed by atoms with Crippen LogP contribution < -0.4 is 0 Å². The van der Waals surface area contributed by atoms with Gasteiger partial charge in [0.2, 0.25) is 0 Å². The molecule has 7 heteroatoms. The fraction of sp³-hybridized carbons (Fsp3) is 0.538. The summed E-state index contributed by atoms with van der Waals surface area (Å²) in [6, 6.07) is 3.60. The first-order valence-electron chi connectivity index (χ1n) is 6.41. The second-order valence-electron chi connectivity index (χ2n) is 5.15. The number of nitrogens with zero attached hydrogens (tertiary/aromatic N) is 2. The lowest BCUT2D eigenvalue weighted by atomic mass is 9.99. The van der Waals surface area contributed by atoms with Crippen LogP contribution in [-0.2, 0) is 6.42 Å². The van der Waals surface area contributed by atoms with Gasteiger partial charge in [-0.15, -0.1) is 0 Å². The number of aliphatic hydroxyl groups excluding tert-OH is 1. The minimum atomic E-state index is -0.662. The molecule has 0 aliphatic carbocycles. The third-order valence-electron chi connectivity index (χ3n) is 2.97. The predicted octanol–water partition coefficient (Wildman–Crippen LogP) is 2.84. The van der Waals surface area contributed by atoms with Crippen LogP contribution in [0, 0.1) is 26.1 Å². The average molecular weight is 282 g/mol. The van der Waals surface area contributed by atoms with E-state index in [4.69, 9.17) is 0 Å². The minimum Gasteiger partial charge on any atom is -0.393 e. The quantitative estimate of drug-likeness (QED) is 0.611. The summed E-state index contributed by atoms with van der Waals surface area (Å²) < 4.78 is 0. The maximum absolute atomic E-state index is 10.9. The van der Waals surface area contributed by atoms with Crippen LogP contribution in [0.1, 0.15) is 32.3 Å². The van der Waals surface area contributed by atoms with Gasteiger partial charge in [0.15, 0.2) is 0 Å². The number of non-ortho nitro benzene ring substituents is 1. The predicted molar refractivity (Wildman–Crippen MR) is 73.5 cm³/mol. The van der Waals surface area contributed by atoms with E-state index < -0.39 is 16.0 Å². The van der Waals surface area contributed by atoms with Gasteiger partial charge < -0.3 is 5.11 Å². The SMILES string of the molecule is CC(C)CC(O)CCc1ccc([N+](=O)[O-])cc1[N+](=O)[O-]. The fourth-order valence-corrected chi connectivity index (χ4v) is 2.03. The van der Waals surface area contributed by atoms with Crippen molar-refractivity contribution in [3.8, 4) is 0 Å². The van der Waals surface area contributed by atoms with Gasteiger partial charge in [-0.3, -0.25) is 20.2 Å². The molecule has 0 heterocycles. The highest BCUT2D eigenvalue weighted by Gasteiger charge is 2.20. The zero-order chi connectivity index (χ0) is 15.3. The molecule has 110 valence electrons. The molecule has 1 aromatic carbocycles. The lowest BCUT2D eigenvalue weighted by Crippen LogP contribution is -2.11. The summed E-state index contributed by atoms with van der Waals surface area (Å²) in [6.07, 6.45) is 0.824. The molecule has 0 aromatic heterocycles. The number of rotatable bonds is 7. The number of benzene rings is 1. The summed E-state index contributed by atoms with van der Waals surface area (Å²) in [7, 11) is 0. The molecule has 0 aliphatic rings. The van der Waals surface area contributed by atoms with E-state index in [-0.39, 0.29) is 11.4 Å². The maximum Gasteiger partial charge on any atom is 0.279 e. The molecule has 0 bridgehead atoms. The summed E-state index contributed by atoms with van der Waals surface area (Å²) in [4.78, 5) is 20.3. The van der Waals surface area contributed by atoms with E-state index in [0.717, 1.165) is 6.07 Å². The molecule has 0 fully saturated rings. The Bertz CT molecular complexity index is 502. The van der Waals surface area contributed by atoms with Crippen molar-refractivity contribution in [3.05, 3.63) is 44.0 Å². The van der Waals surface area contributed by atoms with Gasteiger partial charge in [-0.2, -0.15) is 0 Å².